The molecule has 4 N–H and O–H groups in total. The van der Waals surface area contributed by atoms with Crippen LogP contribution < -0.4 is 5.32 Å². The highest BCUT2D eigenvalue weighted by Crippen LogP contribution is 2.18. The molecule has 5 nitrogen and oxygen atoms in total. The highest BCUT2D eigenvalue weighted by Gasteiger charge is 2.22. The van der Waals surface area contributed by atoms with Gasteiger partial charge in [0.2, 0.25) is 5.91 Å². The van der Waals surface area contributed by atoms with Crippen LogP contribution in [-0.2, 0) is 4.79 Å². The number of carbonyl (C=O) groups is 1. The number of aliphatic hydroxyl groups is 3. The highest BCUT2D eigenvalue weighted by atomic mass is 16.3. The topological polar surface area (TPSA) is 89.8 Å². The van der Waals surface area contributed by atoms with Crippen molar-refractivity contribution in [2.75, 3.05) is 6.61 Å². The van der Waals surface area contributed by atoms with Crippen molar-refractivity contribution in [2.24, 2.45) is 0 Å². The summed E-state index contributed by atoms with van der Waals surface area (Å²) in [5.41, 5.74) is 0. The number of amides is 1. The van der Waals surface area contributed by atoms with Crippen LogP contribution in [0.1, 0.15) is 348 Å². The first-order valence-corrected chi connectivity index (χ1v) is 32.5. The maximum absolute atomic E-state index is 12.6. The zero-order chi connectivity index (χ0) is 52.2. The molecule has 72 heavy (non-hydrogen) atoms. The Labute approximate surface area is 450 Å². The first-order chi connectivity index (χ1) is 35.6. The highest BCUT2D eigenvalue weighted by molar-refractivity contribution is 5.80. The molecule has 3 atom stereocenters. The van der Waals surface area contributed by atoms with Crippen LogP contribution in [-0.4, -0.2) is 46.1 Å². The predicted octanol–water partition coefficient (Wildman–Crippen LogP) is 20.7. The monoisotopic (exact) mass is 1010 g/mol. The molecule has 0 fully saturated rings. The van der Waals surface area contributed by atoms with Gasteiger partial charge in [-0.15, -0.1) is 0 Å². The second-order valence-corrected chi connectivity index (χ2v) is 22.3. The van der Waals surface area contributed by atoms with Crippen LogP contribution in [0.4, 0.5) is 0 Å². The number of unbranched alkanes of at least 4 members (excludes halogenated alkanes) is 46. The molecule has 0 saturated heterocycles. The largest absolute Gasteiger partial charge is 0.394 e. The maximum atomic E-state index is 12.6. The van der Waals surface area contributed by atoms with Gasteiger partial charge in [-0.2, -0.15) is 0 Å². The molecule has 0 saturated carbocycles. The fraction of sp³-hybridized carbons (Fsp3) is 0.866. The minimum atomic E-state index is -1.11. The number of carbonyl (C=O) groups excluding carboxylic acids is 1. The third-order valence-electron chi connectivity index (χ3n) is 15.1. The van der Waals surface area contributed by atoms with Crippen molar-refractivity contribution >= 4 is 5.91 Å². The normalized spacial score (nSPS) is 13.5. The van der Waals surface area contributed by atoms with Crippen molar-refractivity contribution in [3.8, 4) is 0 Å². The zero-order valence-electron chi connectivity index (χ0n) is 48.6. The summed E-state index contributed by atoms with van der Waals surface area (Å²) in [6.07, 6.45) is 83.8. The van der Waals surface area contributed by atoms with E-state index in [0.29, 0.717) is 6.42 Å². The van der Waals surface area contributed by atoms with Gasteiger partial charge in [0.05, 0.1) is 18.8 Å². The first kappa shape index (κ1) is 70.3. The van der Waals surface area contributed by atoms with Gasteiger partial charge in [-0.1, -0.05) is 326 Å². The summed E-state index contributed by atoms with van der Waals surface area (Å²) in [7, 11) is 0. The van der Waals surface area contributed by atoms with E-state index >= 15 is 0 Å². The summed E-state index contributed by atoms with van der Waals surface area (Å²) in [5, 5.41) is 33.4. The van der Waals surface area contributed by atoms with Gasteiger partial charge >= 0.3 is 0 Å². The number of hydrogen-bond acceptors (Lipinski definition) is 4. The van der Waals surface area contributed by atoms with E-state index < -0.39 is 24.2 Å². The first-order valence-electron chi connectivity index (χ1n) is 32.5. The molecule has 0 heterocycles. The lowest BCUT2D eigenvalue weighted by Gasteiger charge is -2.21. The summed E-state index contributed by atoms with van der Waals surface area (Å²) in [4.78, 5) is 12.6. The SMILES string of the molecule is CCCCCCCCCCCCCCCC/C=C\CCCCCCCCCCCCCCCCCCC(O)C(=O)NC(CO)C(O)/C=C/CC/C=C/CC/C=C/CCCCCCCCCCCCCCCC. The van der Waals surface area contributed by atoms with Gasteiger partial charge in [0, 0.05) is 0 Å². The van der Waals surface area contributed by atoms with E-state index in [0.717, 1.165) is 44.9 Å². The van der Waals surface area contributed by atoms with Gasteiger partial charge in [0.1, 0.15) is 6.10 Å². The van der Waals surface area contributed by atoms with Crippen molar-refractivity contribution < 1.29 is 20.1 Å². The van der Waals surface area contributed by atoms with Crippen LogP contribution in [0, 0.1) is 0 Å². The van der Waals surface area contributed by atoms with E-state index in [2.05, 4.69) is 55.6 Å². The summed E-state index contributed by atoms with van der Waals surface area (Å²) < 4.78 is 0. The lowest BCUT2D eigenvalue weighted by molar-refractivity contribution is -0.131. The van der Waals surface area contributed by atoms with E-state index in [-0.39, 0.29) is 6.61 Å². The number of nitrogens with one attached hydrogen (secondary N) is 1. The van der Waals surface area contributed by atoms with Gasteiger partial charge in [0.15, 0.2) is 0 Å². The standard InChI is InChI=1S/C67H127NO4/c1-3-5-7-9-11-13-15-17-19-21-23-25-27-29-30-31-32-33-34-35-36-37-38-40-42-44-46-48-50-52-54-56-58-60-62-66(71)67(72)68-64(63-69)65(70)61-59-57-55-53-51-49-47-45-43-41-39-28-26-24-22-20-18-16-14-12-10-8-6-4-2/h31-32,43,45,51,53,59,61,64-66,69-71H,3-30,33-42,44,46-50,52,54-58,60,62-63H2,1-2H3,(H,68,72)/b32-31-,45-43+,53-51+,61-59+. The molecule has 1 amide bonds. The number of hydrogen-bond donors (Lipinski definition) is 4. The quantitative estimate of drug-likeness (QED) is 0.0361. The molecule has 0 aromatic heterocycles. The predicted molar refractivity (Wildman–Crippen MR) is 319 cm³/mol. The lowest BCUT2D eigenvalue weighted by atomic mass is 10.0. The maximum Gasteiger partial charge on any atom is 0.249 e. The Morgan fingerprint density at radius 3 is 0.847 bits per heavy atom. The summed E-state index contributed by atoms with van der Waals surface area (Å²) in [6.45, 7) is 4.21. The van der Waals surface area contributed by atoms with Crippen molar-refractivity contribution in [2.45, 2.75) is 366 Å². The Balaban J connectivity index is 3.56. The third kappa shape index (κ3) is 56.0. The average Bonchev–Trinajstić information content (AvgIpc) is 3.39. The second-order valence-electron chi connectivity index (χ2n) is 22.3. The molecule has 0 aromatic rings. The lowest BCUT2D eigenvalue weighted by Crippen LogP contribution is -2.48. The summed E-state index contributed by atoms with van der Waals surface area (Å²) in [5.74, 6) is -0.512. The molecule has 0 aromatic carbocycles. The molecule has 424 valence electrons. The molecule has 0 bridgehead atoms. The van der Waals surface area contributed by atoms with E-state index in [1.807, 2.05) is 6.08 Å². The fourth-order valence-electron chi connectivity index (χ4n) is 10.1. The molecule has 0 aliphatic rings. The Kier molecular flexibility index (Phi) is 60.4. The number of allylic oxidation sites excluding steroid dienone is 7. The van der Waals surface area contributed by atoms with Crippen LogP contribution in [0.5, 0.6) is 0 Å². The van der Waals surface area contributed by atoms with Gasteiger partial charge in [0.25, 0.3) is 0 Å². The summed E-state index contributed by atoms with van der Waals surface area (Å²) >= 11 is 0. The van der Waals surface area contributed by atoms with E-state index in [9.17, 15) is 20.1 Å². The van der Waals surface area contributed by atoms with E-state index in [4.69, 9.17) is 0 Å². The molecule has 0 rings (SSSR count). The number of aliphatic hydroxyl groups excluding tert-OH is 3. The van der Waals surface area contributed by atoms with Gasteiger partial charge in [-0.25, -0.2) is 0 Å². The van der Waals surface area contributed by atoms with Gasteiger partial charge in [-0.05, 0) is 70.6 Å². The van der Waals surface area contributed by atoms with Crippen molar-refractivity contribution in [3.05, 3.63) is 48.6 Å². The van der Waals surface area contributed by atoms with Crippen molar-refractivity contribution in [3.63, 3.8) is 0 Å². The van der Waals surface area contributed by atoms with Crippen LogP contribution in [0.2, 0.25) is 0 Å². The van der Waals surface area contributed by atoms with Gasteiger partial charge in [-0.3, -0.25) is 4.79 Å². The van der Waals surface area contributed by atoms with Crippen molar-refractivity contribution in [1.82, 2.24) is 5.32 Å². The van der Waals surface area contributed by atoms with Crippen molar-refractivity contribution in [1.29, 1.82) is 0 Å². The Hall–Kier alpha value is -1.69. The Morgan fingerprint density at radius 2 is 0.569 bits per heavy atom. The minimum absolute atomic E-state index is 0.380. The number of rotatable bonds is 60. The fourth-order valence-corrected chi connectivity index (χ4v) is 10.1. The van der Waals surface area contributed by atoms with Gasteiger partial charge < -0.3 is 20.6 Å². The Bertz CT molecular complexity index is 1160. The molecular weight excluding hydrogens is 883 g/mol. The molecule has 3 unspecified atom stereocenters. The molecule has 0 radical (unpaired) electrons. The minimum Gasteiger partial charge on any atom is -0.394 e. The van der Waals surface area contributed by atoms with Crippen LogP contribution >= 0.6 is 0 Å². The van der Waals surface area contributed by atoms with Crippen LogP contribution in [0.3, 0.4) is 0 Å². The zero-order valence-corrected chi connectivity index (χ0v) is 48.6. The van der Waals surface area contributed by atoms with Crippen LogP contribution in [0.25, 0.3) is 0 Å². The summed E-state index contributed by atoms with van der Waals surface area (Å²) in [6, 6.07) is -0.823. The molecule has 5 heteroatoms. The Morgan fingerprint density at radius 1 is 0.333 bits per heavy atom. The molecular formula is C67H127NO4. The third-order valence-corrected chi connectivity index (χ3v) is 15.1. The smallest absolute Gasteiger partial charge is 0.249 e. The molecule has 0 aliphatic heterocycles. The van der Waals surface area contributed by atoms with Crippen LogP contribution in [0.15, 0.2) is 48.6 Å². The van der Waals surface area contributed by atoms with E-state index in [1.165, 1.54) is 283 Å². The average molecular weight is 1010 g/mol. The van der Waals surface area contributed by atoms with E-state index in [1.54, 1.807) is 6.08 Å². The molecule has 0 aliphatic carbocycles. The molecule has 0 spiro atoms. The second kappa shape index (κ2) is 61.9.